The molecule has 4 heteroatoms. The van der Waals surface area contributed by atoms with E-state index in [4.69, 9.17) is 10.2 Å². The van der Waals surface area contributed by atoms with Crippen LogP contribution in [0.3, 0.4) is 0 Å². The molecule has 0 bridgehead atoms. The van der Waals surface area contributed by atoms with Crippen LogP contribution in [0.5, 0.6) is 0 Å². The number of hydrogen-bond acceptors (Lipinski definition) is 4. The summed E-state index contributed by atoms with van der Waals surface area (Å²) < 4.78 is 0. The third kappa shape index (κ3) is 4.99. The third-order valence-electron chi connectivity index (χ3n) is 2.15. The van der Waals surface area contributed by atoms with Crippen LogP contribution in [-0.4, -0.2) is 35.2 Å². The summed E-state index contributed by atoms with van der Waals surface area (Å²) in [4.78, 5) is 1.28. The zero-order valence-electron chi connectivity index (χ0n) is 9.52. The van der Waals surface area contributed by atoms with Crippen LogP contribution in [0.4, 0.5) is 0 Å². The van der Waals surface area contributed by atoms with Crippen LogP contribution >= 0.6 is 11.8 Å². The molecule has 0 aliphatic rings. The first-order chi connectivity index (χ1) is 7.76. The SMILES string of the molecule is CCSc1ccc(CNCC(O)CO)cc1. The molecule has 1 rings (SSSR count). The zero-order chi connectivity index (χ0) is 11.8. The number of nitrogens with one attached hydrogen (secondary N) is 1. The molecular weight excluding hydrogens is 222 g/mol. The van der Waals surface area contributed by atoms with Gasteiger partial charge in [0.15, 0.2) is 0 Å². The molecule has 16 heavy (non-hydrogen) atoms. The fourth-order valence-electron chi connectivity index (χ4n) is 1.32. The number of thioether (sulfide) groups is 1. The average Bonchev–Trinajstić information content (AvgIpc) is 2.31. The van der Waals surface area contributed by atoms with Crippen LogP contribution < -0.4 is 5.32 Å². The Bertz CT molecular complexity index is 290. The number of aliphatic hydroxyl groups is 2. The van der Waals surface area contributed by atoms with Crippen molar-refractivity contribution in [3.8, 4) is 0 Å². The quantitative estimate of drug-likeness (QED) is 0.629. The van der Waals surface area contributed by atoms with E-state index in [0.29, 0.717) is 13.1 Å². The topological polar surface area (TPSA) is 52.5 Å². The summed E-state index contributed by atoms with van der Waals surface area (Å²) in [5.74, 6) is 1.08. The third-order valence-corrected chi connectivity index (χ3v) is 3.05. The van der Waals surface area contributed by atoms with Crippen LogP contribution in [0.1, 0.15) is 12.5 Å². The molecule has 1 atom stereocenters. The van der Waals surface area contributed by atoms with E-state index in [1.807, 2.05) is 11.8 Å². The maximum absolute atomic E-state index is 9.13. The van der Waals surface area contributed by atoms with E-state index in [1.165, 1.54) is 10.5 Å². The Hall–Kier alpha value is -0.550. The molecular formula is C12H19NO2S. The van der Waals surface area contributed by atoms with Crippen molar-refractivity contribution in [3.05, 3.63) is 29.8 Å². The molecule has 0 heterocycles. The maximum Gasteiger partial charge on any atom is 0.0895 e. The molecule has 0 saturated carbocycles. The number of hydrogen-bond donors (Lipinski definition) is 3. The lowest BCUT2D eigenvalue weighted by Gasteiger charge is -2.09. The van der Waals surface area contributed by atoms with Crippen molar-refractivity contribution in [3.63, 3.8) is 0 Å². The molecule has 0 spiro atoms. The molecule has 3 N–H and O–H groups in total. The molecule has 1 unspecified atom stereocenters. The van der Waals surface area contributed by atoms with Crippen LogP contribution in [0.15, 0.2) is 29.2 Å². The minimum absolute atomic E-state index is 0.195. The minimum Gasteiger partial charge on any atom is -0.394 e. The molecule has 0 radical (unpaired) electrons. The highest BCUT2D eigenvalue weighted by Gasteiger charge is 2.00. The summed E-state index contributed by atoms with van der Waals surface area (Å²) in [7, 11) is 0. The first-order valence-corrected chi connectivity index (χ1v) is 6.46. The Morgan fingerprint density at radius 2 is 2.00 bits per heavy atom. The van der Waals surface area contributed by atoms with Gasteiger partial charge < -0.3 is 15.5 Å². The summed E-state index contributed by atoms with van der Waals surface area (Å²) in [6.45, 7) is 3.07. The first-order valence-electron chi connectivity index (χ1n) is 5.47. The van der Waals surface area contributed by atoms with Gasteiger partial charge in [-0.05, 0) is 23.4 Å². The maximum atomic E-state index is 9.13. The fraction of sp³-hybridized carbons (Fsp3) is 0.500. The highest BCUT2D eigenvalue weighted by atomic mass is 32.2. The monoisotopic (exact) mass is 241 g/mol. The van der Waals surface area contributed by atoms with Gasteiger partial charge in [-0.15, -0.1) is 11.8 Å². The summed E-state index contributed by atoms with van der Waals surface area (Å²) in [6, 6.07) is 8.37. The largest absolute Gasteiger partial charge is 0.394 e. The van der Waals surface area contributed by atoms with Crippen molar-refractivity contribution in [2.45, 2.75) is 24.5 Å². The Labute approximate surface area is 101 Å². The van der Waals surface area contributed by atoms with Gasteiger partial charge in [-0.25, -0.2) is 0 Å². The van der Waals surface area contributed by atoms with E-state index >= 15 is 0 Å². The second kappa shape index (κ2) is 7.68. The molecule has 0 amide bonds. The van der Waals surface area contributed by atoms with E-state index in [0.717, 1.165) is 5.75 Å². The summed E-state index contributed by atoms with van der Waals surface area (Å²) >= 11 is 1.82. The van der Waals surface area contributed by atoms with Crippen molar-refractivity contribution < 1.29 is 10.2 Å². The predicted octanol–water partition coefficient (Wildman–Crippen LogP) is 1.24. The number of benzene rings is 1. The molecule has 90 valence electrons. The van der Waals surface area contributed by atoms with Gasteiger partial charge in [-0.3, -0.25) is 0 Å². The molecule has 0 fully saturated rings. The lowest BCUT2D eigenvalue weighted by molar-refractivity contribution is 0.0942. The van der Waals surface area contributed by atoms with Crippen molar-refractivity contribution >= 4 is 11.8 Å². The van der Waals surface area contributed by atoms with Crippen LogP contribution in [-0.2, 0) is 6.54 Å². The van der Waals surface area contributed by atoms with E-state index in [1.54, 1.807) is 0 Å². The van der Waals surface area contributed by atoms with Gasteiger partial charge in [0, 0.05) is 18.0 Å². The highest BCUT2D eigenvalue weighted by Crippen LogP contribution is 2.17. The van der Waals surface area contributed by atoms with Gasteiger partial charge in [0.2, 0.25) is 0 Å². The fourth-order valence-corrected chi connectivity index (χ4v) is 1.98. The molecule has 0 aromatic heterocycles. The molecule has 0 saturated heterocycles. The Kier molecular flexibility index (Phi) is 6.49. The highest BCUT2D eigenvalue weighted by molar-refractivity contribution is 7.99. The van der Waals surface area contributed by atoms with Gasteiger partial charge in [0.1, 0.15) is 0 Å². The molecule has 0 aliphatic heterocycles. The summed E-state index contributed by atoms with van der Waals surface area (Å²) in [5.41, 5.74) is 1.19. The molecule has 1 aromatic carbocycles. The zero-order valence-corrected chi connectivity index (χ0v) is 10.3. The van der Waals surface area contributed by atoms with E-state index in [2.05, 4.69) is 36.5 Å². The summed E-state index contributed by atoms with van der Waals surface area (Å²) in [5, 5.41) is 20.9. The second-order valence-corrected chi connectivity index (χ2v) is 4.88. The molecule has 0 aliphatic carbocycles. The minimum atomic E-state index is -0.671. The van der Waals surface area contributed by atoms with E-state index in [9.17, 15) is 0 Å². The lowest BCUT2D eigenvalue weighted by Crippen LogP contribution is -2.28. The number of rotatable bonds is 7. The smallest absolute Gasteiger partial charge is 0.0895 e. The predicted molar refractivity (Wildman–Crippen MR) is 67.6 cm³/mol. The van der Waals surface area contributed by atoms with Crippen molar-refractivity contribution in [2.75, 3.05) is 18.9 Å². The second-order valence-electron chi connectivity index (χ2n) is 3.54. The Morgan fingerprint density at radius 3 is 2.56 bits per heavy atom. The standard InChI is InChI=1S/C12H19NO2S/c1-2-16-12-5-3-10(4-6-12)7-13-8-11(15)9-14/h3-6,11,13-15H,2,7-9H2,1H3. The van der Waals surface area contributed by atoms with Crippen LogP contribution in [0.25, 0.3) is 0 Å². The van der Waals surface area contributed by atoms with Gasteiger partial charge in [0.25, 0.3) is 0 Å². The van der Waals surface area contributed by atoms with Crippen molar-refractivity contribution in [2.24, 2.45) is 0 Å². The van der Waals surface area contributed by atoms with Gasteiger partial charge in [0.05, 0.1) is 12.7 Å². The Balaban J connectivity index is 2.31. The van der Waals surface area contributed by atoms with Crippen molar-refractivity contribution in [1.82, 2.24) is 5.32 Å². The van der Waals surface area contributed by atoms with E-state index < -0.39 is 6.10 Å². The Morgan fingerprint density at radius 1 is 1.31 bits per heavy atom. The van der Waals surface area contributed by atoms with Crippen LogP contribution in [0.2, 0.25) is 0 Å². The van der Waals surface area contributed by atoms with Gasteiger partial charge in [-0.2, -0.15) is 0 Å². The first kappa shape index (κ1) is 13.5. The van der Waals surface area contributed by atoms with Crippen LogP contribution in [0, 0.1) is 0 Å². The van der Waals surface area contributed by atoms with Gasteiger partial charge in [-0.1, -0.05) is 19.1 Å². The van der Waals surface area contributed by atoms with Gasteiger partial charge >= 0.3 is 0 Å². The molecule has 3 nitrogen and oxygen atoms in total. The van der Waals surface area contributed by atoms with Crippen molar-refractivity contribution in [1.29, 1.82) is 0 Å². The normalized spacial score (nSPS) is 12.7. The molecule has 1 aromatic rings. The number of aliphatic hydroxyl groups excluding tert-OH is 2. The van der Waals surface area contributed by atoms with E-state index in [-0.39, 0.29) is 6.61 Å². The lowest BCUT2D eigenvalue weighted by atomic mass is 10.2. The average molecular weight is 241 g/mol. The summed E-state index contributed by atoms with van der Waals surface area (Å²) in [6.07, 6.45) is -0.671.